The van der Waals surface area contributed by atoms with Crippen LogP contribution in [0.15, 0.2) is 36.4 Å². The molecule has 2 aromatic rings. The maximum atomic E-state index is 6.20. The fraction of sp³-hybridized carbons (Fsp3) is 0.143. The highest BCUT2D eigenvalue weighted by Gasteiger charge is 2.14. The molecule has 2 aromatic carbocycles. The average molecular weight is 317 g/mol. The van der Waals surface area contributed by atoms with Gasteiger partial charge in [-0.05, 0) is 41.5 Å². The summed E-state index contributed by atoms with van der Waals surface area (Å²) in [6, 6.07) is 10.2. The van der Waals surface area contributed by atoms with Gasteiger partial charge in [-0.1, -0.05) is 40.9 Å². The quantitative estimate of drug-likeness (QED) is 0.890. The van der Waals surface area contributed by atoms with E-state index >= 15 is 0 Å². The number of rotatable bonds is 3. The number of halogens is 3. The lowest BCUT2D eigenvalue weighted by Gasteiger charge is -2.15. The van der Waals surface area contributed by atoms with Crippen LogP contribution in [-0.2, 0) is 0 Å². The molecule has 1 atom stereocenters. The van der Waals surface area contributed by atoms with Crippen molar-refractivity contribution in [2.24, 2.45) is 5.73 Å². The molecule has 0 amide bonds. The summed E-state index contributed by atoms with van der Waals surface area (Å²) in [7, 11) is 1.56. The number of hydrogen-bond donors (Lipinski definition) is 1. The molecule has 2 rings (SSSR count). The van der Waals surface area contributed by atoms with Gasteiger partial charge in [0.25, 0.3) is 0 Å². The molecule has 0 fully saturated rings. The van der Waals surface area contributed by atoms with Crippen LogP contribution in [0.2, 0.25) is 15.1 Å². The van der Waals surface area contributed by atoms with Crippen LogP contribution in [-0.4, -0.2) is 7.11 Å². The summed E-state index contributed by atoms with van der Waals surface area (Å²) in [5.74, 6) is 0.606. The highest BCUT2D eigenvalue weighted by atomic mass is 35.5. The van der Waals surface area contributed by atoms with Gasteiger partial charge in [-0.25, -0.2) is 0 Å². The molecule has 0 spiro atoms. The zero-order valence-electron chi connectivity index (χ0n) is 10.2. The zero-order valence-corrected chi connectivity index (χ0v) is 12.4. The molecular weight excluding hydrogens is 305 g/mol. The molecule has 0 bridgehead atoms. The van der Waals surface area contributed by atoms with E-state index in [0.717, 1.165) is 11.1 Å². The van der Waals surface area contributed by atoms with Gasteiger partial charge in [0.15, 0.2) is 0 Å². The minimum absolute atomic E-state index is 0.394. The Labute approximate surface area is 127 Å². The number of benzene rings is 2. The Morgan fingerprint density at radius 1 is 1.00 bits per heavy atom. The summed E-state index contributed by atoms with van der Waals surface area (Å²) in [6.45, 7) is 0. The van der Waals surface area contributed by atoms with Crippen molar-refractivity contribution in [3.8, 4) is 5.75 Å². The van der Waals surface area contributed by atoms with Crippen molar-refractivity contribution in [1.29, 1.82) is 0 Å². The Balaban J connectivity index is 2.41. The fourth-order valence-corrected chi connectivity index (χ4v) is 2.49. The van der Waals surface area contributed by atoms with Gasteiger partial charge in [0.05, 0.1) is 18.2 Å². The third-order valence-corrected chi connectivity index (χ3v) is 3.70. The molecule has 0 saturated carbocycles. The molecule has 100 valence electrons. The predicted molar refractivity (Wildman–Crippen MR) is 80.5 cm³/mol. The summed E-state index contributed by atoms with van der Waals surface area (Å²) in [6.07, 6.45) is 0. The van der Waals surface area contributed by atoms with Crippen molar-refractivity contribution in [1.82, 2.24) is 0 Å². The first-order valence-corrected chi connectivity index (χ1v) is 6.70. The van der Waals surface area contributed by atoms with Crippen molar-refractivity contribution in [3.05, 3.63) is 62.6 Å². The highest BCUT2D eigenvalue weighted by molar-refractivity contribution is 6.33. The molecule has 0 saturated heterocycles. The topological polar surface area (TPSA) is 35.2 Å². The van der Waals surface area contributed by atoms with Gasteiger partial charge in [-0.3, -0.25) is 0 Å². The minimum atomic E-state index is -0.394. The van der Waals surface area contributed by atoms with Crippen LogP contribution >= 0.6 is 34.8 Å². The molecule has 19 heavy (non-hydrogen) atoms. The van der Waals surface area contributed by atoms with Crippen LogP contribution in [0.3, 0.4) is 0 Å². The summed E-state index contributed by atoms with van der Waals surface area (Å²) in [5, 5.41) is 1.67. The second-order valence-electron chi connectivity index (χ2n) is 4.04. The zero-order chi connectivity index (χ0) is 14.0. The smallest absolute Gasteiger partial charge is 0.137 e. The van der Waals surface area contributed by atoms with Gasteiger partial charge in [-0.15, -0.1) is 0 Å². The van der Waals surface area contributed by atoms with Crippen molar-refractivity contribution in [2.75, 3.05) is 7.11 Å². The van der Waals surface area contributed by atoms with Crippen molar-refractivity contribution in [3.63, 3.8) is 0 Å². The first-order valence-electron chi connectivity index (χ1n) is 5.57. The molecule has 0 radical (unpaired) electrons. The van der Waals surface area contributed by atoms with E-state index < -0.39 is 6.04 Å². The van der Waals surface area contributed by atoms with E-state index in [1.54, 1.807) is 37.4 Å². The van der Waals surface area contributed by atoms with E-state index in [4.69, 9.17) is 45.3 Å². The molecule has 2 nitrogen and oxygen atoms in total. The van der Waals surface area contributed by atoms with Gasteiger partial charge in [0.2, 0.25) is 0 Å². The highest BCUT2D eigenvalue weighted by Crippen LogP contribution is 2.32. The maximum absolute atomic E-state index is 6.20. The predicted octanol–water partition coefficient (Wildman–Crippen LogP) is 4.70. The summed E-state index contributed by atoms with van der Waals surface area (Å²) in [5.41, 5.74) is 7.81. The van der Waals surface area contributed by atoms with Crippen LogP contribution < -0.4 is 10.5 Å². The Bertz CT molecular complexity index is 601. The van der Waals surface area contributed by atoms with E-state index in [2.05, 4.69) is 0 Å². The van der Waals surface area contributed by atoms with Gasteiger partial charge >= 0.3 is 0 Å². The standard InChI is InChI=1S/C14H12Cl3NO/c1-19-13-5-2-8(6-12(13)17)14(18)10-7-9(15)3-4-11(10)16/h2-7,14H,18H2,1H3. The van der Waals surface area contributed by atoms with Gasteiger partial charge in [0.1, 0.15) is 5.75 Å². The van der Waals surface area contributed by atoms with Crippen LogP contribution in [0.25, 0.3) is 0 Å². The molecule has 1 unspecified atom stereocenters. The maximum Gasteiger partial charge on any atom is 0.137 e. The average Bonchev–Trinajstić information content (AvgIpc) is 2.40. The van der Waals surface area contributed by atoms with E-state index in [-0.39, 0.29) is 0 Å². The molecular formula is C14H12Cl3NO. The number of hydrogen-bond acceptors (Lipinski definition) is 2. The van der Waals surface area contributed by atoms with Crippen molar-refractivity contribution >= 4 is 34.8 Å². The Kier molecular flexibility index (Phi) is 4.58. The summed E-state index contributed by atoms with van der Waals surface area (Å²) in [4.78, 5) is 0. The lowest BCUT2D eigenvalue weighted by Crippen LogP contribution is -2.12. The largest absolute Gasteiger partial charge is 0.495 e. The summed E-state index contributed by atoms with van der Waals surface area (Å²) < 4.78 is 5.11. The first kappa shape index (κ1) is 14.5. The van der Waals surface area contributed by atoms with E-state index in [0.29, 0.717) is 20.8 Å². The Hall–Kier alpha value is -0.930. The van der Waals surface area contributed by atoms with Crippen molar-refractivity contribution < 1.29 is 4.74 Å². The van der Waals surface area contributed by atoms with Crippen LogP contribution in [0.1, 0.15) is 17.2 Å². The molecule has 0 heterocycles. The molecule has 0 aliphatic heterocycles. The molecule has 0 aromatic heterocycles. The van der Waals surface area contributed by atoms with Crippen LogP contribution in [0, 0.1) is 0 Å². The van der Waals surface area contributed by atoms with Gasteiger partial charge in [-0.2, -0.15) is 0 Å². The lowest BCUT2D eigenvalue weighted by atomic mass is 9.99. The molecule has 0 aliphatic rings. The first-order chi connectivity index (χ1) is 9.02. The number of nitrogens with two attached hydrogens (primary N) is 1. The third-order valence-electron chi connectivity index (χ3n) is 2.83. The van der Waals surface area contributed by atoms with Crippen LogP contribution in [0.4, 0.5) is 0 Å². The second-order valence-corrected chi connectivity index (χ2v) is 5.29. The van der Waals surface area contributed by atoms with E-state index in [9.17, 15) is 0 Å². The van der Waals surface area contributed by atoms with Crippen molar-refractivity contribution in [2.45, 2.75) is 6.04 Å². The SMILES string of the molecule is COc1ccc(C(N)c2cc(Cl)ccc2Cl)cc1Cl. The molecule has 0 aliphatic carbocycles. The van der Waals surface area contributed by atoms with Crippen LogP contribution in [0.5, 0.6) is 5.75 Å². The van der Waals surface area contributed by atoms with Gasteiger partial charge < -0.3 is 10.5 Å². The van der Waals surface area contributed by atoms with E-state index in [1.165, 1.54) is 0 Å². The second kappa shape index (κ2) is 6.02. The number of methoxy groups -OCH3 is 1. The monoisotopic (exact) mass is 315 g/mol. The minimum Gasteiger partial charge on any atom is -0.495 e. The number of ether oxygens (including phenoxy) is 1. The molecule has 5 heteroatoms. The Morgan fingerprint density at radius 3 is 2.37 bits per heavy atom. The molecule has 2 N–H and O–H groups in total. The Morgan fingerprint density at radius 2 is 1.74 bits per heavy atom. The van der Waals surface area contributed by atoms with Gasteiger partial charge in [0, 0.05) is 10.0 Å². The summed E-state index contributed by atoms with van der Waals surface area (Å²) >= 11 is 18.2. The fourth-order valence-electron chi connectivity index (χ4n) is 1.81. The normalized spacial score (nSPS) is 12.3. The van der Waals surface area contributed by atoms with E-state index in [1.807, 2.05) is 6.07 Å². The lowest BCUT2D eigenvalue weighted by molar-refractivity contribution is 0.415. The third kappa shape index (κ3) is 3.15.